The van der Waals surface area contributed by atoms with Crippen molar-refractivity contribution in [3.8, 4) is 17.2 Å². The molecule has 0 spiro atoms. The average Bonchev–Trinajstić information content (AvgIpc) is 0.803. The number of benzene rings is 6. The zero-order valence-electron chi connectivity index (χ0n) is 56.1. The molecule has 3 saturated heterocycles. The molecular formula is C73H91Cl2F3N6O10S2. The molecule has 3 amide bonds. The summed E-state index contributed by atoms with van der Waals surface area (Å²) in [4.78, 5) is 51.8. The number of methoxy groups -OCH3 is 3. The third-order valence-corrected chi connectivity index (χ3v) is 17.3. The molecule has 16 nitrogen and oxygen atoms in total. The topological polar surface area (TPSA) is 189 Å². The van der Waals surface area contributed by atoms with E-state index in [0.29, 0.717) is 55.6 Å². The highest BCUT2D eigenvalue weighted by atomic mass is 35.5. The van der Waals surface area contributed by atoms with Crippen LogP contribution in [0.15, 0.2) is 164 Å². The summed E-state index contributed by atoms with van der Waals surface area (Å²) in [5.41, 5.74) is 4.90. The fourth-order valence-electron chi connectivity index (χ4n) is 11.4. The molecule has 6 aromatic rings. The van der Waals surface area contributed by atoms with Crippen LogP contribution in [-0.2, 0) is 30.5 Å². The molecule has 0 aliphatic carbocycles. The molecule has 3 aliphatic heterocycles. The number of hydrogen-bond donors (Lipinski definition) is 5. The number of piperidine rings is 3. The SMILES string of the molecule is COc1ccccc1C(=O)NCC1(c2ccccc2)CCN(C(=O)OC(C)(C)C)CC1.COc1ccccc1C(=S)NCC1(c2ccccc2)CCN(C(=O)OC(C)(C)C)CC1.COc1ccccc1C(=S)NCC1(c2ccccc2)CCNCC1.ClCCl.O=C(O)C(F)(F)F. The molecule has 9 rings (SSSR count). The summed E-state index contributed by atoms with van der Waals surface area (Å²) in [6, 6.07) is 54.4. The Morgan fingerprint density at radius 2 is 0.750 bits per heavy atom. The summed E-state index contributed by atoms with van der Waals surface area (Å²) in [5, 5.41) is 20.9. The van der Waals surface area contributed by atoms with Crippen LogP contribution in [0.4, 0.5) is 22.8 Å². The van der Waals surface area contributed by atoms with Crippen LogP contribution >= 0.6 is 47.6 Å². The van der Waals surface area contributed by atoms with E-state index in [9.17, 15) is 27.6 Å². The van der Waals surface area contributed by atoms with Crippen molar-refractivity contribution in [3.63, 3.8) is 0 Å². The summed E-state index contributed by atoms with van der Waals surface area (Å²) in [6.07, 6.45) is -0.253. The van der Waals surface area contributed by atoms with E-state index >= 15 is 0 Å². The Morgan fingerprint density at radius 1 is 0.479 bits per heavy atom. The van der Waals surface area contributed by atoms with Crippen molar-refractivity contribution in [2.45, 2.75) is 114 Å². The maximum absolute atomic E-state index is 12.9. The van der Waals surface area contributed by atoms with Gasteiger partial charge in [0, 0.05) is 62.1 Å². The van der Waals surface area contributed by atoms with Crippen molar-refractivity contribution in [1.29, 1.82) is 0 Å². The highest BCUT2D eigenvalue weighted by Crippen LogP contribution is 2.38. The fraction of sp³-hybridized carbons (Fsp3) is 0.425. The van der Waals surface area contributed by atoms with Gasteiger partial charge in [-0.05, 0) is 146 Å². The Balaban J connectivity index is 0.000000244. The number of ether oxygens (including phenoxy) is 5. The summed E-state index contributed by atoms with van der Waals surface area (Å²) < 4.78 is 59.1. The lowest BCUT2D eigenvalue weighted by Crippen LogP contribution is -2.51. The second-order valence-corrected chi connectivity index (χ2v) is 26.8. The van der Waals surface area contributed by atoms with Gasteiger partial charge in [0.25, 0.3) is 5.91 Å². The van der Waals surface area contributed by atoms with E-state index in [1.807, 2.05) is 131 Å². The Bertz CT molecular complexity index is 3260. The average molecular weight is 1400 g/mol. The van der Waals surface area contributed by atoms with Gasteiger partial charge in [-0.1, -0.05) is 152 Å². The Hall–Kier alpha value is -7.69. The predicted molar refractivity (Wildman–Crippen MR) is 382 cm³/mol. The second-order valence-electron chi connectivity index (χ2n) is 25.2. The number of para-hydroxylation sites is 3. The first kappa shape index (κ1) is 79.0. The van der Waals surface area contributed by atoms with E-state index in [1.54, 1.807) is 38.4 Å². The predicted octanol–water partition coefficient (Wildman–Crippen LogP) is 14.7. The normalized spacial score (nSPS) is 15.3. The van der Waals surface area contributed by atoms with Crippen LogP contribution < -0.4 is 35.5 Å². The highest BCUT2D eigenvalue weighted by molar-refractivity contribution is 7.81. The molecule has 0 aromatic heterocycles. The number of halogens is 5. The zero-order chi connectivity index (χ0) is 70.6. The summed E-state index contributed by atoms with van der Waals surface area (Å²) >= 11 is 20.9. The monoisotopic (exact) mass is 1400 g/mol. The van der Waals surface area contributed by atoms with Crippen molar-refractivity contribution in [2.24, 2.45) is 0 Å². The van der Waals surface area contributed by atoms with Gasteiger partial charge in [-0.15, -0.1) is 23.2 Å². The fourth-order valence-corrected chi connectivity index (χ4v) is 11.9. The molecule has 3 aliphatic rings. The zero-order valence-corrected chi connectivity index (χ0v) is 59.3. The van der Waals surface area contributed by atoms with Crippen LogP contribution in [0.2, 0.25) is 0 Å². The van der Waals surface area contributed by atoms with Crippen LogP contribution in [0.25, 0.3) is 0 Å². The first-order chi connectivity index (χ1) is 45.6. The van der Waals surface area contributed by atoms with Gasteiger partial charge < -0.3 is 59.9 Å². The molecule has 3 heterocycles. The van der Waals surface area contributed by atoms with E-state index in [0.717, 1.165) is 85.8 Å². The quantitative estimate of drug-likeness (QED) is 0.0482. The van der Waals surface area contributed by atoms with Crippen LogP contribution in [0.3, 0.4) is 0 Å². The molecule has 0 radical (unpaired) electrons. The molecule has 3 fully saturated rings. The number of thiocarbonyl (C=S) groups is 2. The lowest BCUT2D eigenvalue weighted by atomic mass is 9.72. The van der Waals surface area contributed by atoms with Crippen molar-refractivity contribution >= 4 is 81.7 Å². The Morgan fingerprint density at radius 3 is 1.05 bits per heavy atom. The van der Waals surface area contributed by atoms with Gasteiger partial charge in [0.1, 0.15) is 38.4 Å². The third-order valence-electron chi connectivity index (χ3n) is 16.5. The van der Waals surface area contributed by atoms with Crippen LogP contribution in [0, 0.1) is 0 Å². The van der Waals surface area contributed by atoms with Gasteiger partial charge in [0.05, 0.1) is 43.4 Å². The van der Waals surface area contributed by atoms with Gasteiger partial charge in [0.2, 0.25) is 0 Å². The van der Waals surface area contributed by atoms with Crippen molar-refractivity contribution in [3.05, 3.63) is 197 Å². The third kappa shape index (κ3) is 24.1. The van der Waals surface area contributed by atoms with E-state index in [4.69, 9.17) is 81.2 Å². The molecular weight excluding hydrogens is 1310 g/mol. The number of carbonyl (C=O) groups is 4. The van der Waals surface area contributed by atoms with Crippen LogP contribution in [-0.4, -0.2) is 152 Å². The van der Waals surface area contributed by atoms with E-state index in [2.05, 4.69) is 88.0 Å². The van der Waals surface area contributed by atoms with Gasteiger partial charge in [0.15, 0.2) is 0 Å². The number of carboxylic acid groups (broad SMARTS) is 1. The first-order valence-electron chi connectivity index (χ1n) is 31.6. The Labute approximate surface area is 584 Å². The number of likely N-dealkylation sites (tertiary alicyclic amines) is 2. The molecule has 6 aromatic carbocycles. The number of aliphatic carboxylic acids is 1. The molecule has 5 N–H and O–H groups in total. The minimum atomic E-state index is -5.08. The van der Waals surface area contributed by atoms with Gasteiger partial charge in [-0.2, -0.15) is 13.2 Å². The smallest absolute Gasteiger partial charge is 0.490 e. The summed E-state index contributed by atoms with van der Waals surface area (Å²) in [7, 11) is 4.89. The summed E-state index contributed by atoms with van der Waals surface area (Å²) in [6.45, 7) is 17.8. The minimum Gasteiger partial charge on any atom is -0.496 e. The lowest BCUT2D eigenvalue weighted by molar-refractivity contribution is -0.192. The van der Waals surface area contributed by atoms with Gasteiger partial charge in [-0.25, -0.2) is 14.4 Å². The number of carboxylic acids is 1. The molecule has 0 saturated carbocycles. The Kier molecular flexibility index (Phi) is 31.0. The number of alkyl halides is 5. The maximum Gasteiger partial charge on any atom is 0.490 e. The molecule has 520 valence electrons. The minimum absolute atomic E-state index is 0.119. The first-order valence-corrected chi connectivity index (χ1v) is 33.5. The molecule has 23 heteroatoms. The largest absolute Gasteiger partial charge is 0.496 e. The van der Waals surface area contributed by atoms with E-state index < -0.39 is 23.3 Å². The standard InChI is InChI=1S/C25H32N2O4.C25H32N2O3S.C20H24N2OS.C2HF3O2.CH2Cl2/c1-24(2,3)31-23(29)27-16-14-25(15-17-27,19-10-6-5-7-11-19)18-26-22(28)20-12-8-9-13-21(20)30-4;1-24(2,3)30-23(28)27-16-14-25(15-17-27,19-10-6-5-7-11-19)18-26-22(31)20-12-8-9-13-21(20)29-4;1-23-18-10-6-5-9-17(18)19(24)22-15-20(11-13-21-14-12-20)16-7-3-2-4-8-16;3-2(4,5)1(6)7;2-1-3/h5-13H,14-18H2,1-4H3,(H,26,28);5-13H,14-18H2,1-4H3,(H,26,31);2-10,21H,11-15H2,1H3,(H,22,24);(H,6,7);1H2. The maximum atomic E-state index is 12.9. The molecule has 96 heavy (non-hydrogen) atoms. The number of nitrogens with zero attached hydrogens (tertiary/aromatic N) is 2. The van der Waals surface area contributed by atoms with Crippen molar-refractivity contribution in [1.82, 2.24) is 31.1 Å². The van der Waals surface area contributed by atoms with E-state index in [1.165, 1.54) is 16.7 Å². The molecule has 0 bridgehead atoms. The number of rotatable bonds is 15. The highest BCUT2D eigenvalue weighted by Gasteiger charge is 2.42. The molecule has 0 atom stereocenters. The van der Waals surface area contributed by atoms with Crippen LogP contribution in [0.5, 0.6) is 17.2 Å². The van der Waals surface area contributed by atoms with Crippen molar-refractivity contribution < 1.29 is 61.1 Å². The second kappa shape index (κ2) is 37.7. The van der Waals surface area contributed by atoms with Crippen molar-refractivity contribution in [2.75, 3.05) is 85.6 Å². The van der Waals surface area contributed by atoms with Crippen LogP contribution in [0.1, 0.15) is 118 Å². The lowest BCUT2D eigenvalue weighted by Gasteiger charge is -2.42. The number of amides is 3. The number of nitrogens with one attached hydrogen (secondary N) is 4. The molecule has 0 unspecified atom stereocenters. The van der Waals surface area contributed by atoms with Gasteiger partial charge in [-0.3, -0.25) is 4.79 Å². The van der Waals surface area contributed by atoms with E-state index in [-0.39, 0.29) is 39.7 Å². The number of hydrogen-bond acceptors (Lipinski definition) is 12. The number of carbonyl (C=O) groups excluding carboxylic acids is 3. The summed E-state index contributed by atoms with van der Waals surface area (Å²) in [5.74, 6) is -0.800. The van der Waals surface area contributed by atoms with Gasteiger partial charge >= 0.3 is 24.3 Å².